The third kappa shape index (κ3) is 6.80. The number of likely N-dealkylation sites (N-methyl/N-ethyl adjacent to an activating group) is 1. The maximum Gasteiger partial charge on any atom is 0.142 e. The second-order valence-electron chi connectivity index (χ2n) is 7.28. The van der Waals surface area contributed by atoms with E-state index in [9.17, 15) is 4.39 Å². The zero-order chi connectivity index (χ0) is 16.0. The summed E-state index contributed by atoms with van der Waals surface area (Å²) in [6.07, 6.45) is 3.04. The number of halogens is 2. The van der Waals surface area contributed by atoms with E-state index < -0.39 is 0 Å². The molecule has 0 aromatic heterocycles. The third-order valence-electron chi connectivity index (χ3n) is 3.64. The fourth-order valence-corrected chi connectivity index (χ4v) is 3.32. The van der Waals surface area contributed by atoms with E-state index in [0.717, 1.165) is 24.9 Å². The lowest BCUT2D eigenvalue weighted by Crippen LogP contribution is -2.33. The lowest BCUT2D eigenvalue weighted by Gasteiger charge is -2.27. The van der Waals surface area contributed by atoms with Crippen LogP contribution in [0.4, 0.5) is 4.39 Å². The molecule has 0 radical (unpaired) electrons. The Labute approximate surface area is 134 Å². The number of nitrogens with one attached hydrogen (secondary N) is 1. The largest absolute Gasteiger partial charge is 0.314 e. The van der Waals surface area contributed by atoms with E-state index in [4.69, 9.17) is 11.6 Å². The molecule has 0 aliphatic heterocycles. The highest BCUT2D eigenvalue weighted by atomic mass is 35.5. The Morgan fingerprint density at radius 2 is 1.95 bits per heavy atom. The zero-order valence-corrected chi connectivity index (χ0v) is 14.7. The maximum absolute atomic E-state index is 13.5. The lowest BCUT2D eigenvalue weighted by atomic mass is 9.82. The zero-order valence-electron chi connectivity index (χ0n) is 14.0. The summed E-state index contributed by atoms with van der Waals surface area (Å²) in [6, 6.07) is 5.41. The van der Waals surface area contributed by atoms with E-state index >= 15 is 0 Å². The quantitative estimate of drug-likeness (QED) is 0.704. The van der Waals surface area contributed by atoms with Crippen LogP contribution < -0.4 is 5.32 Å². The molecule has 0 saturated heterocycles. The number of rotatable bonds is 7. The molecule has 0 spiro atoms. The molecule has 120 valence electrons. The van der Waals surface area contributed by atoms with Gasteiger partial charge < -0.3 is 5.32 Å². The van der Waals surface area contributed by atoms with Crippen LogP contribution in [-0.4, -0.2) is 12.6 Å². The molecule has 0 saturated carbocycles. The molecule has 0 bridgehead atoms. The maximum atomic E-state index is 13.5. The summed E-state index contributed by atoms with van der Waals surface area (Å²) < 4.78 is 13.5. The van der Waals surface area contributed by atoms with Gasteiger partial charge in [-0.25, -0.2) is 4.39 Å². The molecule has 0 aliphatic carbocycles. The summed E-state index contributed by atoms with van der Waals surface area (Å²) in [6.45, 7) is 12.1. The van der Waals surface area contributed by atoms with E-state index in [1.165, 1.54) is 12.5 Å². The highest BCUT2D eigenvalue weighted by Gasteiger charge is 2.20. The fourth-order valence-electron chi connectivity index (χ4n) is 3.11. The van der Waals surface area contributed by atoms with Gasteiger partial charge in [0.15, 0.2) is 0 Å². The van der Waals surface area contributed by atoms with Crippen molar-refractivity contribution in [1.29, 1.82) is 0 Å². The molecule has 0 heterocycles. The Hall–Kier alpha value is -0.600. The average molecular weight is 314 g/mol. The summed E-state index contributed by atoms with van der Waals surface area (Å²) in [7, 11) is 0. The van der Waals surface area contributed by atoms with Crippen LogP contribution in [0.5, 0.6) is 0 Å². The molecule has 2 unspecified atom stereocenters. The molecule has 21 heavy (non-hydrogen) atoms. The highest BCUT2D eigenvalue weighted by Crippen LogP contribution is 2.28. The van der Waals surface area contributed by atoms with Crippen LogP contribution >= 0.6 is 11.6 Å². The average Bonchev–Trinajstić information content (AvgIpc) is 2.32. The first-order valence-corrected chi connectivity index (χ1v) is 8.27. The molecule has 0 fully saturated rings. The lowest BCUT2D eigenvalue weighted by molar-refractivity contribution is 0.275. The van der Waals surface area contributed by atoms with Crippen molar-refractivity contribution in [1.82, 2.24) is 5.32 Å². The first-order chi connectivity index (χ1) is 9.73. The van der Waals surface area contributed by atoms with Gasteiger partial charge in [0.2, 0.25) is 0 Å². The molecule has 1 aromatic rings. The predicted molar refractivity (Wildman–Crippen MR) is 90.4 cm³/mol. The van der Waals surface area contributed by atoms with Crippen molar-refractivity contribution < 1.29 is 4.39 Å². The van der Waals surface area contributed by atoms with E-state index in [0.29, 0.717) is 17.4 Å². The van der Waals surface area contributed by atoms with Crippen molar-refractivity contribution in [2.75, 3.05) is 6.54 Å². The number of hydrogen-bond donors (Lipinski definition) is 1. The van der Waals surface area contributed by atoms with Gasteiger partial charge in [-0.1, -0.05) is 58.4 Å². The van der Waals surface area contributed by atoms with Crippen LogP contribution in [0.25, 0.3) is 0 Å². The smallest absolute Gasteiger partial charge is 0.142 e. The van der Waals surface area contributed by atoms with E-state index in [1.54, 1.807) is 6.07 Å². The SMILES string of the molecule is CCNC(Cc1cccc(F)c1Cl)CC(C)CC(C)(C)C. The minimum atomic E-state index is -0.327. The highest BCUT2D eigenvalue weighted by molar-refractivity contribution is 6.31. The van der Waals surface area contributed by atoms with Gasteiger partial charge in [0.25, 0.3) is 0 Å². The van der Waals surface area contributed by atoms with Crippen LogP contribution in [0, 0.1) is 17.2 Å². The fraction of sp³-hybridized carbons (Fsp3) is 0.667. The van der Waals surface area contributed by atoms with Gasteiger partial charge in [0.1, 0.15) is 5.82 Å². The van der Waals surface area contributed by atoms with Gasteiger partial charge in [-0.05, 0) is 48.8 Å². The van der Waals surface area contributed by atoms with Crippen LogP contribution in [0.2, 0.25) is 5.02 Å². The first-order valence-electron chi connectivity index (χ1n) is 7.89. The summed E-state index contributed by atoms with van der Waals surface area (Å²) in [5.74, 6) is 0.300. The Kier molecular flexibility index (Phi) is 7.15. The Bertz CT molecular complexity index is 439. The van der Waals surface area contributed by atoms with Crippen LogP contribution in [0.1, 0.15) is 53.0 Å². The summed E-state index contributed by atoms with van der Waals surface area (Å²) >= 11 is 6.08. The molecular weight excluding hydrogens is 285 g/mol. The molecular formula is C18H29ClFN. The molecule has 1 rings (SSSR count). The Balaban J connectivity index is 2.71. The van der Waals surface area contributed by atoms with Crippen LogP contribution in [0.3, 0.4) is 0 Å². The van der Waals surface area contributed by atoms with Crippen LogP contribution in [-0.2, 0) is 6.42 Å². The topological polar surface area (TPSA) is 12.0 Å². The van der Waals surface area contributed by atoms with Crippen LogP contribution in [0.15, 0.2) is 18.2 Å². The first kappa shape index (κ1) is 18.4. The van der Waals surface area contributed by atoms with Crippen molar-refractivity contribution in [2.45, 2.75) is 59.9 Å². The van der Waals surface area contributed by atoms with Gasteiger partial charge in [-0.3, -0.25) is 0 Å². The normalized spacial score (nSPS) is 15.0. The molecule has 3 heteroatoms. The van der Waals surface area contributed by atoms with Crippen molar-refractivity contribution in [3.63, 3.8) is 0 Å². The van der Waals surface area contributed by atoms with Gasteiger partial charge in [0, 0.05) is 6.04 Å². The minimum Gasteiger partial charge on any atom is -0.314 e. The summed E-state index contributed by atoms with van der Waals surface area (Å²) in [4.78, 5) is 0. The molecule has 2 atom stereocenters. The molecule has 1 nitrogen and oxygen atoms in total. The number of hydrogen-bond acceptors (Lipinski definition) is 1. The Morgan fingerprint density at radius 3 is 2.52 bits per heavy atom. The summed E-state index contributed by atoms with van der Waals surface area (Å²) in [5, 5.41) is 3.78. The van der Waals surface area contributed by atoms with Gasteiger partial charge >= 0.3 is 0 Å². The molecule has 0 amide bonds. The van der Waals surface area contributed by atoms with Crippen molar-refractivity contribution in [3.05, 3.63) is 34.6 Å². The van der Waals surface area contributed by atoms with E-state index in [2.05, 4.69) is 39.9 Å². The van der Waals surface area contributed by atoms with Gasteiger partial charge in [-0.2, -0.15) is 0 Å². The second-order valence-corrected chi connectivity index (χ2v) is 7.66. The monoisotopic (exact) mass is 313 g/mol. The van der Waals surface area contributed by atoms with Gasteiger partial charge in [0.05, 0.1) is 5.02 Å². The Morgan fingerprint density at radius 1 is 1.29 bits per heavy atom. The number of benzene rings is 1. The summed E-state index contributed by atoms with van der Waals surface area (Å²) in [5.41, 5.74) is 1.23. The van der Waals surface area contributed by atoms with Gasteiger partial charge in [-0.15, -0.1) is 0 Å². The van der Waals surface area contributed by atoms with E-state index in [1.807, 2.05) is 6.07 Å². The molecule has 1 aromatic carbocycles. The van der Waals surface area contributed by atoms with Crippen molar-refractivity contribution in [2.24, 2.45) is 11.3 Å². The molecule has 1 N–H and O–H groups in total. The van der Waals surface area contributed by atoms with Crippen molar-refractivity contribution in [3.8, 4) is 0 Å². The standard InChI is InChI=1S/C18H29ClFN/c1-6-21-15(10-13(2)12-18(3,4)5)11-14-8-7-9-16(20)17(14)19/h7-9,13,15,21H,6,10-12H2,1-5H3. The predicted octanol–water partition coefficient (Wildman–Crippen LogP) is 5.46. The second kappa shape index (κ2) is 8.14. The molecule has 0 aliphatic rings. The minimum absolute atomic E-state index is 0.267. The van der Waals surface area contributed by atoms with Crippen molar-refractivity contribution >= 4 is 11.6 Å². The van der Waals surface area contributed by atoms with E-state index in [-0.39, 0.29) is 10.8 Å². The third-order valence-corrected chi connectivity index (χ3v) is 4.06.